The molecule has 0 radical (unpaired) electrons. The van der Waals surface area contributed by atoms with Crippen LogP contribution in [-0.2, 0) is 0 Å². The summed E-state index contributed by atoms with van der Waals surface area (Å²) in [6.45, 7) is 4.51. The molecule has 0 N–H and O–H groups in total. The SMILES string of the molecule is CCC(C)c1ccc(-c2cccnc2)s1. The molecule has 0 spiro atoms. The zero-order valence-electron chi connectivity index (χ0n) is 9.10. The van der Waals surface area contributed by atoms with E-state index in [4.69, 9.17) is 0 Å². The second-order valence-corrected chi connectivity index (χ2v) is 4.87. The monoisotopic (exact) mass is 217 g/mol. The van der Waals surface area contributed by atoms with Gasteiger partial charge in [0.2, 0.25) is 0 Å². The van der Waals surface area contributed by atoms with E-state index in [2.05, 4.69) is 37.0 Å². The van der Waals surface area contributed by atoms with Crippen LogP contribution < -0.4 is 0 Å². The Hall–Kier alpha value is -1.15. The summed E-state index contributed by atoms with van der Waals surface area (Å²) in [7, 11) is 0. The fourth-order valence-corrected chi connectivity index (χ4v) is 2.62. The topological polar surface area (TPSA) is 12.9 Å². The molecule has 0 bridgehead atoms. The largest absolute Gasteiger partial charge is 0.264 e. The lowest BCUT2D eigenvalue weighted by atomic mass is 10.1. The fraction of sp³-hybridized carbons (Fsp3) is 0.308. The normalized spacial score (nSPS) is 12.7. The van der Waals surface area contributed by atoms with Crippen LogP contribution in [0.15, 0.2) is 36.7 Å². The van der Waals surface area contributed by atoms with Crippen molar-refractivity contribution in [3.8, 4) is 10.4 Å². The average Bonchev–Trinajstić information content (AvgIpc) is 2.78. The summed E-state index contributed by atoms with van der Waals surface area (Å²) < 4.78 is 0. The quantitative estimate of drug-likeness (QED) is 0.746. The Bertz CT molecular complexity index is 419. The van der Waals surface area contributed by atoms with Gasteiger partial charge in [0.25, 0.3) is 0 Å². The molecule has 0 amide bonds. The molecule has 0 aromatic carbocycles. The summed E-state index contributed by atoms with van der Waals surface area (Å²) in [5.74, 6) is 0.667. The van der Waals surface area contributed by atoms with Crippen molar-refractivity contribution in [2.45, 2.75) is 26.2 Å². The molecule has 0 aliphatic carbocycles. The minimum atomic E-state index is 0.667. The molecule has 2 aromatic rings. The number of hydrogen-bond acceptors (Lipinski definition) is 2. The molecule has 1 nitrogen and oxygen atoms in total. The summed E-state index contributed by atoms with van der Waals surface area (Å²) in [6.07, 6.45) is 4.94. The molecule has 0 aliphatic heterocycles. The summed E-state index contributed by atoms with van der Waals surface area (Å²) >= 11 is 1.88. The van der Waals surface area contributed by atoms with E-state index in [0.717, 1.165) is 0 Å². The molecule has 2 rings (SSSR count). The molecule has 0 saturated carbocycles. The second-order valence-electron chi connectivity index (χ2n) is 3.75. The number of pyridine rings is 1. The average molecular weight is 217 g/mol. The number of nitrogens with zero attached hydrogens (tertiary/aromatic N) is 1. The van der Waals surface area contributed by atoms with Crippen LogP contribution in [0.4, 0.5) is 0 Å². The van der Waals surface area contributed by atoms with Gasteiger partial charge in [0.15, 0.2) is 0 Å². The lowest BCUT2D eigenvalue weighted by Gasteiger charge is -2.03. The third-order valence-corrected chi connectivity index (χ3v) is 4.04. The third-order valence-electron chi connectivity index (χ3n) is 2.67. The van der Waals surface area contributed by atoms with Gasteiger partial charge in [-0.1, -0.05) is 19.9 Å². The smallest absolute Gasteiger partial charge is 0.0361 e. The highest BCUT2D eigenvalue weighted by molar-refractivity contribution is 7.15. The molecule has 2 heterocycles. The van der Waals surface area contributed by atoms with E-state index >= 15 is 0 Å². The van der Waals surface area contributed by atoms with Crippen molar-refractivity contribution < 1.29 is 0 Å². The van der Waals surface area contributed by atoms with Crippen LogP contribution >= 0.6 is 11.3 Å². The first kappa shape index (κ1) is 10.4. The predicted octanol–water partition coefficient (Wildman–Crippen LogP) is 4.32. The standard InChI is InChI=1S/C13H15NS/c1-3-10(2)12-6-7-13(15-12)11-5-4-8-14-9-11/h4-10H,3H2,1-2H3. The van der Waals surface area contributed by atoms with Crippen molar-refractivity contribution in [3.63, 3.8) is 0 Å². The van der Waals surface area contributed by atoms with E-state index in [1.54, 1.807) is 0 Å². The molecule has 0 saturated heterocycles. The van der Waals surface area contributed by atoms with E-state index in [1.165, 1.54) is 21.7 Å². The molecule has 15 heavy (non-hydrogen) atoms. The summed E-state index contributed by atoms with van der Waals surface area (Å²) in [6, 6.07) is 8.53. The van der Waals surface area contributed by atoms with Gasteiger partial charge in [0, 0.05) is 27.7 Å². The molecule has 2 heteroatoms. The molecule has 0 fully saturated rings. The Balaban J connectivity index is 2.28. The van der Waals surface area contributed by atoms with Gasteiger partial charge in [0.05, 0.1) is 0 Å². The molecule has 1 atom stereocenters. The number of rotatable bonds is 3. The van der Waals surface area contributed by atoms with Gasteiger partial charge in [-0.25, -0.2) is 0 Å². The Morgan fingerprint density at radius 1 is 1.33 bits per heavy atom. The Morgan fingerprint density at radius 2 is 2.20 bits per heavy atom. The van der Waals surface area contributed by atoms with Gasteiger partial charge >= 0.3 is 0 Å². The minimum absolute atomic E-state index is 0.667. The molecule has 78 valence electrons. The van der Waals surface area contributed by atoms with Crippen LogP contribution in [0.1, 0.15) is 31.1 Å². The molecule has 1 unspecified atom stereocenters. The van der Waals surface area contributed by atoms with Crippen molar-refractivity contribution in [3.05, 3.63) is 41.5 Å². The lowest BCUT2D eigenvalue weighted by molar-refractivity contribution is 0.748. The first-order valence-electron chi connectivity index (χ1n) is 5.31. The van der Waals surface area contributed by atoms with E-state index in [-0.39, 0.29) is 0 Å². The van der Waals surface area contributed by atoms with Gasteiger partial charge in [-0.15, -0.1) is 11.3 Å². The van der Waals surface area contributed by atoms with Crippen LogP contribution in [0, 0.1) is 0 Å². The maximum atomic E-state index is 4.14. The van der Waals surface area contributed by atoms with E-state index < -0.39 is 0 Å². The van der Waals surface area contributed by atoms with Crippen LogP contribution in [0.25, 0.3) is 10.4 Å². The van der Waals surface area contributed by atoms with Gasteiger partial charge in [-0.05, 0) is 30.5 Å². The zero-order chi connectivity index (χ0) is 10.7. The molecular weight excluding hydrogens is 202 g/mol. The number of aromatic nitrogens is 1. The molecule has 2 aromatic heterocycles. The first-order valence-corrected chi connectivity index (χ1v) is 6.13. The summed E-state index contributed by atoms with van der Waals surface area (Å²) in [5.41, 5.74) is 1.22. The van der Waals surface area contributed by atoms with Crippen molar-refractivity contribution in [2.75, 3.05) is 0 Å². The lowest BCUT2D eigenvalue weighted by Crippen LogP contribution is -1.84. The van der Waals surface area contributed by atoms with Crippen molar-refractivity contribution in [1.82, 2.24) is 4.98 Å². The second kappa shape index (κ2) is 4.58. The zero-order valence-corrected chi connectivity index (χ0v) is 9.92. The van der Waals surface area contributed by atoms with Crippen LogP contribution in [-0.4, -0.2) is 4.98 Å². The minimum Gasteiger partial charge on any atom is -0.264 e. The van der Waals surface area contributed by atoms with Crippen molar-refractivity contribution in [2.24, 2.45) is 0 Å². The molecular formula is C13H15NS. The Morgan fingerprint density at radius 3 is 2.87 bits per heavy atom. The summed E-state index contributed by atoms with van der Waals surface area (Å²) in [5, 5.41) is 0. The third kappa shape index (κ3) is 2.26. The maximum Gasteiger partial charge on any atom is 0.0361 e. The van der Waals surface area contributed by atoms with Gasteiger partial charge < -0.3 is 0 Å². The van der Waals surface area contributed by atoms with Gasteiger partial charge in [-0.2, -0.15) is 0 Å². The van der Waals surface area contributed by atoms with Gasteiger partial charge in [-0.3, -0.25) is 4.98 Å². The van der Waals surface area contributed by atoms with Crippen LogP contribution in [0.5, 0.6) is 0 Å². The molecule has 0 aliphatic rings. The fourth-order valence-electron chi connectivity index (χ4n) is 1.48. The Labute approximate surface area is 94.8 Å². The number of thiophene rings is 1. The first-order chi connectivity index (χ1) is 7.31. The van der Waals surface area contributed by atoms with Crippen molar-refractivity contribution >= 4 is 11.3 Å². The van der Waals surface area contributed by atoms with E-state index in [0.29, 0.717) is 5.92 Å². The van der Waals surface area contributed by atoms with Crippen LogP contribution in [0.2, 0.25) is 0 Å². The Kier molecular flexibility index (Phi) is 3.17. The number of hydrogen-bond donors (Lipinski definition) is 0. The highest BCUT2D eigenvalue weighted by Crippen LogP contribution is 2.32. The van der Waals surface area contributed by atoms with E-state index in [9.17, 15) is 0 Å². The van der Waals surface area contributed by atoms with Crippen molar-refractivity contribution in [1.29, 1.82) is 0 Å². The predicted molar refractivity (Wildman–Crippen MR) is 66.3 cm³/mol. The van der Waals surface area contributed by atoms with Gasteiger partial charge in [0.1, 0.15) is 0 Å². The van der Waals surface area contributed by atoms with E-state index in [1.807, 2.05) is 29.8 Å². The van der Waals surface area contributed by atoms with Crippen LogP contribution in [0.3, 0.4) is 0 Å². The maximum absolute atomic E-state index is 4.14. The highest BCUT2D eigenvalue weighted by atomic mass is 32.1. The summed E-state index contributed by atoms with van der Waals surface area (Å²) in [4.78, 5) is 6.93. The highest BCUT2D eigenvalue weighted by Gasteiger charge is 2.07.